The number of ether oxygens (including phenoxy) is 2. The molecule has 0 N–H and O–H groups in total. The highest BCUT2D eigenvalue weighted by Crippen LogP contribution is 2.24. The Hall–Kier alpha value is -2.75. The molecule has 7 nitrogen and oxygen atoms in total. The summed E-state index contributed by atoms with van der Waals surface area (Å²) < 4.78 is 38.5. The van der Waals surface area contributed by atoms with Crippen molar-refractivity contribution in [2.24, 2.45) is 0 Å². The van der Waals surface area contributed by atoms with Crippen LogP contribution < -0.4 is 0 Å². The molecule has 1 aliphatic rings. The summed E-state index contributed by atoms with van der Waals surface area (Å²) in [6.07, 6.45) is -0.231. The third-order valence-electron chi connectivity index (χ3n) is 6.41. The fourth-order valence-corrected chi connectivity index (χ4v) is 5.93. The fraction of sp³-hybridized carbons (Fsp3) is 0.321. The van der Waals surface area contributed by atoms with Crippen LogP contribution in [0, 0.1) is 0 Å². The molecule has 1 fully saturated rings. The van der Waals surface area contributed by atoms with Crippen LogP contribution in [0.5, 0.6) is 0 Å². The van der Waals surface area contributed by atoms with Crippen molar-refractivity contribution in [2.45, 2.75) is 18.5 Å². The first-order chi connectivity index (χ1) is 17.8. The number of hydrogen-bond acceptors (Lipinski definition) is 6. The number of nitrogens with zero attached hydrogens (tertiary/aromatic N) is 2. The van der Waals surface area contributed by atoms with Crippen molar-refractivity contribution in [3.63, 3.8) is 0 Å². The molecule has 0 radical (unpaired) electrons. The molecule has 3 aromatic carbocycles. The summed E-state index contributed by atoms with van der Waals surface area (Å²) >= 11 is 6.10. The van der Waals surface area contributed by atoms with Crippen LogP contribution in [0.1, 0.15) is 33.2 Å². The minimum atomic E-state index is -3.38. The van der Waals surface area contributed by atoms with E-state index in [4.69, 9.17) is 21.1 Å². The lowest BCUT2D eigenvalue weighted by molar-refractivity contribution is 0.00770. The van der Waals surface area contributed by atoms with E-state index in [0.29, 0.717) is 49.9 Å². The van der Waals surface area contributed by atoms with Crippen molar-refractivity contribution < 1.29 is 22.7 Å². The lowest BCUT2D eigenvalue weighted by Gasteiger charge is -2.36. The second-order valence-corrected chi connectivity index (χ2v) is 11.4. The van der Waals surface area contributed by atoms with Gasteiger partial charge in [-0.3, -0.25) is 4.90 Å². The van der Waals surface area contributed by atoms with Gasteiger partial charge in [0.15, 0.2) is 0 Å². The van der Waals surface area contributed by atoms with Crippen LogP contribution in [-0.4, -0.2) is 63.4 Å². The number of hydrogen-bond donors (Lipinski definition) is 0. The third-order valence-corrected chi connectivity index (χ3v) is 8.51. The summed E-state index contributed by atoms with van der Waals surface area (Å²) in [5.41, 5.74) is 3.21. The normalized spacial score (nSPS) is 15.8. The number of halogens is 1. The Morgan fingerprint density at radius 3 is 2.16 bits per heavy atom. The monoisotopic (exact) mass is 542 g/mol. The van der Waals surface area contributed by atoms with Gasteiger partial charge in [-0.1, -0.05) is 66.2 Å². The predicted octanol–water partition coefficient (Wildman–Crippen LogP) is 4.53. The van der Waals surface area contributed by atoms with E-state index in [-0.39, 0.29) is 17.8 Å². The maximum atomic E-state index is 12.9. The van der Waals surface area contributed by atoms with Gasteiger partial charge in [-0.15, -0.1) is 0 Å². The van der Waals surface area contributed by atoms with Crippen molar-refractivity contribution in [1.29, 1.82) is 0 Å². The van der Waals surface area contributed by atoms with Gasteiger partial charge in [0.05, 0.1) is 31.1 Å². The van der Waals surface area contributed by atoms with Gasteiger partial charge in [0, 0.05) is 37.7 Å². The Kier molecular flexibility index (Phi) is 9.34. The van der Waals surface area contributed by atoms with Gasteiger partial charge in [0.25, 0.3) is 0 Å². The summed E-state index contributed by atoms with van der Waals surface area (Å²) in [6, 6.07) is 24.0. The Bertz CT molecular complexity index is 1260. The molecule has 0 saturated carbocycles. The van der Waals surface area contributed by atoms with E-state index >= 15 is 0 Å². The van der Waals surface area contributed by atoms with Gasteiger partial charge in [-0.05, 0) is 41.0 Å². The van der Waals surface area contributed by atoms with Crippen molar-refractivity contribution in [2.75, 3.05) is 39.8 Å². The average molecular weight is 543 g/mol. The van der Waals surface area contributed by atoms with Gasteiger partial charge < -0.3 is 9.47 Å². The number of rotatable bonds is 10. The Balaban J connectivity index is 1.37. The molecule has 1 heterocycles. The third kappa shape index (κ3) is 7.63. The standard InChI is InChI=1S/C28H31ClN2O5S/c1-35-28(32)25-9-7-22(8-10-25)20-36-27(24-11-13-26(29)14-12-24)19-30-15-17-31(18-16-30)37(33,34)21-23-5-3-2-4-6-23/h2-14,27H,15-21H2,1H3. The zero-order valence-corrected chi connectivity index (χ0v) is 22.3. The minimum absolute atomic E-state index is 0.0130. The Morgan fingerprint density at radius 2 is 1.54 bits per heavy atom. The molecule has 0 bridgehead atoms. The molecule has 3 aromatic rings. The molecule has 4 rings (SSSR count). The second-order valence-electron chi connectivity index (χ2n) is 8.98. The molecule has 0 aromatic heterocycles. The van der Waals surface area contributed by atoms with Gasteiger partial charge in [-0.25, -0.2) is 13.2 Å². The average Bonchev–Trinajstić information content (AvgIpc) is 2.92. The molecule has 1 saturated heterocycles. The van der Waals surface area contributed by atoms with Crippen molar-refractivity contribution >= 4 is 27.6 Å². The number of carbonyl (C=O) groups is 1. The van der Waals surface area contributed by atoms with E-state index in [1.807, 2.05) is 66.7 Å². The number of piperazine rings is 1. The predicted molar refractivity (Wildman–Crippen MR) is 144 cm³/mol. The number of carbonyl (C=O) groups excluding carboxylic acids is 1. The molecule has 196 valence electrons. The van der Waals surface area contributed by atoms with E-state index in [2.05, 4.69) is 4.90 Å². The first kappa shape index (κ1) is 27.3. The zero-order valence-electron chi connectivity index (χ0n) is 20.8. The number of sulfonamides is 1. The van der Waals surface area contributed by atoms with Gasteiger partial charge in [0.2, 0.25) is 10.0 Å². The van der Waals surface area contributed by atoms with E-state index in [0.717, 1.165) is 16.7 Å². The molecule has 37 heavy (non-hydrogen) atoms. The van der Waals surface area contributed by atoms with Crippen LogP contribution in [0.15, 0.2) is 78.9 Å². The largest absolute Gasteiger partial charge is 0.465 e. The summed E-state index contributed by atoms with van der Waals surface area (Å²) in [6.45, 7) is 3.11. The minimum Gasteiger partial charge on any atom is -0.465 e. The maximum absolute atomic E-state index is 12.9. The topological polar surface area (TPSA) is 76.2 Å². The van der Waals surface area contributed by atoms with Gasteiger partial charge in [0.1, 0.15) is 0 Å². The van der Waals surface area contributed by atoms with E-state index in [1.165, 1.54) is 7.11 Å². The molecule has 0 spiro atoms. The molecule has 1 atom stereocenters. The van der Waals surface area contributed by atoms with Crippen LogP contribution in [0.2, 0.25) is 5.02 Å². The van der Waals surface area contributed by atoms with Crippen molar-refractivity contribution in [1.82, 2.24) is 9.21 Å². The SMILES string of the molecule is COC(=O)c1ccc(COC(CN2CCN(S(=O)(=O)Cc3ccccc3)CC2)c2ccc(Cl)cc2)cc1. The van der Waals surface area contributed by atoms with Crippen LogP contribution in [-0.2, 0) is 31.9 Å². The fourth-order valence-electron chi connectivity index (χ4n) is 4.28. The maximum Gasteiger partial charge on any atom is 0.337 e. The number of methoxy groups -OCH3 is 1. The van der Waals surface area contributed by atoms with Gasteiger partial charge >= 0.3 is 5.97 Å². The first-order valence-corrected chi connectivity index (χ1v) is 14.1. The summed E-state index contributed by atoms with van der Waals surface area (Å²) in [4.78, 5) is 13.9. The molecule has 0 amide bonds. The van der Waals surface area contributed by atoms with Crippen LogP contribution in [0.3, 0.4) is 0 Å². The van der Waals surface area contributed by atoms with E-state index in [1.54, 1.807) is 16.4 Å². The Labute approximate surface area is 223 Å². The number of benzene rings is 3. The molecular formula is C28H31ClN2O5S. The second kappa shape index (κ2) is 12.7. The molecule has 1 unspecified atom stereocenters. The molecule has 0 aliphatic carbocycles. The van der Waals surface area contributed by atoms with Crippen LogP contribution in [0.25, 0.3) is 0 Å². The van der Waals surface area contributed by atoms with Crippen LogP contribution in [0.4, 0.5) is 0 Å². The molecule has 9 heteroatoms. The first-order valence-electron chi connectivity index (χ1n) is 12.1. The number of esters is 1. The van der Waals surface area contributed by atoms with Crippen LogP contribution >= 0.6 is 11.6 Å². The Morgan fingerprint density at radius 1 is 0.892 bits per heavy atom. The molecular weight excluding hydrogens is 512 g/mol. The quantitative estimate of drug-likeness (QED) is 0.350. The highest BCUT2D eigenvalue weighted by atomic mass is 35.5. The summed E-state index contributed by atoms with van der Waals surface area (Å²) in [5, 5.41) is 0.651. The van der Waals surface area contributed by atoms with Gasteiger partial charge in [-0.2, -0.15) is 4.31 Å². The highest BCUT2D eigenvalue weighted by Gasteiger charge is 2.28. The summed E-state index contributed by atoms with van der Waals surface area (Å²) in [5.74, 6) is -0.365. The lowest BCUT2D eigenvalue weighted by atomic mass is 10.1. The van der Waals surface area contributed by atoms with E-state index < -0.39 is 10.0 Å². The van der Waals surface area contributed by atoms with Crippen molar-refractivity contribution in [3.8, 4) is 0 Å². The lowest BCUT2D eigenvalue weighted by Crippen LogP contribution is -2.49. The smallest absolute Gasteiger partial charge is 0.337 e. The van der Waals surface area contributed by atoms with E-state index in [9.17, 15) is 13.2 Å². The zero-order chi connectivity index (χ0) is 26.3. The van der Waals surface area contributed by atoms with Crippen molar-refractivity contribution in [3.05, 3.63) is 106 Å². The highest BCUT2D eigenvalue weighted by molar-refractivity contribution is 7.88. The summed E-state index contributed by atoms with van der Waals surface area (Å²) in [7, 11) is -2.02. The molecule has 1 aliphatic heterocycles.